The Labute approximate surface area is 221 Å². The molecule has 3 heterocycles. The van der Waals surface area contributed by atoms with E-state index in [2.05, 4.69) is 21.6 Å². The maximum Gasteiger partial charge on any atom is 0.289 e. The fraction of sp³-hybridized carbons (Fsp3) is 0.793. The van der Waals surface area contributed by atoms with Gasteiger partial charge in [0, 0.05) is 12.6 Å². The molecule has 1 unspecified atom stereocenters. The number of nitrogens with zero attached hydrogens (tertiary/aromatic N) is 2. The number of amides is 3. The van der Waals surface area contributed by atoms with Crippen molar-refractivity contribution in [3.05, 3.63) is 12.2 Å². The molecule has 0 aromatic heterocycles. The van der Waals surface area contributed by atoms with E-state index < -0.39 is 23.8 Å². The summed E-state index contributed by atoms with van der Waals surface area (Å²) in [6.07, 6.45) is 17.4. The Morgan fingerprint density at radius 1 is 0.865 bits per heavy atom. The number of ketones is 1. The highest BCUT2D eigenvalue weighted by Gasteiger charge is 2.51. The van der Waals surface area contributed by atoms with Crippen LogP contribution in [0.15, 0.2) is 12.2 Å². The maximum absolute atomic E-state index is 14.2. The van der Waals surface area contributed by atoms with Crippen LogP contribution in [0, 0.1) is 11.8 Å². The van der Waals surface area contributed by atoms with E-state index >= 15 is 0 Å². The van der Waals surface area contributed by atoms with Crippen molar-refractivity contribution in [1.29, 1.82) is 0 Å². The van der Waals surface area contributed by atoms with Crippen molar-refractivity contribution in [3.63, 3.8) is 0 Å². The molecule has 4 fully saturated rings. The summed E-state index contributed by atoms with van der Waals surface area (Å²) in [4.78, 5) is 57.9. The molecule has 0 aromatic carbocycles. The highest BCUT2D eigenvalue weighted by Crippen LogP contribution is 2.43. The molecule has 3 aliphatic heterocycles. The summed E-state index contributed by atoms with van der Waals surface area (Å²) in [6.45, 7) is 2.53. The van der Waals surface area contributed by atoms with E-state index in [1.165, 1.54) is 6.42 Å². The van der Waals surface area contributed by atoms with Crippen LogP contribution in [-0.4, -0.2) is 77.1 Å². The quantitative estimate of drug-likeness (QED) is 0.446. The van der Waals surface area contributed by atoms with Crippen LogP contribution in [0.1, 0.15) is 89.9 Å². The van der Waals surface area contributed by atoms with Crippen LogP contribution in [0.5, 0.6) is 0 Å². The van der Waals surface area contributed by atoms with Crippen LogP contribution in [0.4, 0.5) is 0 Å². The largest absolute Gasteiger partial charge is 0.347 e. The van der Waals surface area contributed by atoms with Crippen molar-refractivity contribution in [2.75, 3.05) is 19.6 Å². The maximum atomic E-state index is 14.2. The van der Waals surface area contributed by atoms with Gasteiger partial charge in [0.15, 0.2) is 0 Å². The molecule has 37 heavy (non-hydrogen) atoms. The SMILES string of the molecule is O=C(NC1CC1)C(=O)C1CC=CCCCCC[C@H](N2CCCCC2)C(=O)N2C[C@@H]3CCC[C@@H]3[C@H]2C(=O)N1. The zero-order valence-electron chi connectivity index (χ0n) is 22.2. The second-order valence-corrected chi connectivity index (χ2v) is 11.9. The van der Waals surface area contributed by atoms with Crippen molar-refractivity contribution < 1.29 is 19.2 Å². The van der Waals surface area contributed by atoms with E-state index in [1.54, 1.807) is 0 Å². The molecular formula is C29H44N4O4. The lowest BCUT2D eigenvalue weighted by Gasteiger charge is -2.38. The highest BCUT2D eigenvalue weighted by atomic mass is 16.2. The number of piperidine rings is 1. The molecule has 3 amide bonds. The summed E-state index contributed by atoms with van der Waals surface area (Å²) in [5.74, 6) is -0.887. The van der Waals surface area contributed by atoms with E-state index in [-0.39, 0.29) is 29.8 Å². The first-order chi connectivity index (χ1) is 18.0. The predicted molar refractivity (Wildman–Crippen MR) is 140 cm³/mol. The summed E-state index contributed by atoms with van der Waals surface area (Å²) in [6, 6.07) is -1.54. The van der Waals surface area contributed by atoms with E-state index in [0.29, 0.717) is 18.9 Å². The molecule has 2 saturated carbocycles. The number of Topliss-reactive ketones (excluding diaryl/α,β-unsaturated/α-hetero) is 1. The van der Waals surface area contributed by atoms with Crippen molar-refractivity contribution >= 4 is 23.5 Å². The van der Waals surface area contributed by atoms with Gasteiger partial charge in [-0.05, 0) is 89.1 Å². The lowest BCUT2D eigenvalue weighted by Crippen LogP contribution is -2.58. The topological polar surface area (TPSA) is 98.8 Å². The zero-order valence-corrected chi connectivity index (χ0v) is 22.2. The Morgan fingerprint density at radius 3 is 2.43 bits per heavy atom. The first-order valence-corrected chi connectivity index (χ1v) is 14.9. The van der Waals surface area contributed by atoms with Crippen LogP contribution in [-0.2, 0) is 19.2 Å². The first kappa shape index (κ1) is 26.4. The Kier molecular flexibility index (Phi) is 8.63. The first-order valence-electron chi connectivity index (χ1n) is 14.9. The van der Waals surface area contributed by atoms with Gasteiger partial charge in [0.25, 0.3) is 5.91 Å². The third-order valence-corrected chi connectivity index (χ3v) is 9.21. The van der Waals surface area contributed by atoms with Crippen molar-refractivity contribution in [2.45, 2.75) is 114 Å². The molecule has 5 rings (SSSR count). The van der Waals surface area contributed by atoms with Crippen molar-refractivity contribution in [1.82, 2.24) is 20.4 Å². The summed E-state index contributed by atoms with van der Waals surface area (Å²) in [5, 5.41) is 5.73. The average molecular weight is 513 g/mol. The van der Waals surface area contributed by atoms with Crippen molar-refractivity contribution in [2.24, 2.45) is 11.8 Å². The standard InChI is InChI=1S/C29H44N4O4/c34-26(28(36)30-21-15-16-21)23-13-6-3-1-2-4-7-14-24(32-17-8-5-9-18-32)29(37)33-19-20-11-10-12-22(20)25(33)27(35)31-23/h3,6,20-25H,1-2,4-5,7-19H2,(H,30,36)(H,31,35)/t20-,22-,23?,24-,25-/m0/s1. The Bertz CT molecular complexity index is 894. The van der Waals surface area contributed by atoms with E-state index in [1.807, 2.05) is 11.0 Å². The minimum absolute atomic E-state index is 0.0823. The normalized spacial score (nSPS) is 34.2. The van der Waals surface area contributed by atoms with Gasteiger partial charge in [0.1, 0.15) is 12.1 Å². The number of hydrogen-bond acceptors (Lipinski definition) is 5. The second-order valence-electron chi connectivity index (χ2n) is 11.9. The van der Waals surface area contributed by atoms with Gasteiger partial charge < -0.3 is 15.5 Å². The Morgan fingerprint density at radius 2 is 1.65 bits per heavy atom. The van der Waals surface area contributed by atoms with Gasteiger partial charge >= 0.3 is 0 Å². The number of carbonyl (C=O) groups is 4. The van der Waals surface area contributed by atoms with Gasteiger partial charge in [-0.2, -0.15) is 0 Å². The number of fused-ring (bicyclic) bond motifs is 3. The zero-order chi connectivity index (χ0) is 25.8. The fourth-order valence-corrected chi connectivity index (χ4v) is 7.01. The molecule has 5 atom stereocenters. The molecule has 2 saturated heterocycles. The van der Waals surface area contributed by atoms with Gasteiger partial charge in [0.05, 0.1) is 6.04 Å². The number of allylic oxidation sites excluding steroid dienone is 1. The van der Waals surface area contributed by atoms with Gasteiger partial charge in [-0.25, -0.2) is 0 Å². The predicted octanol–water partition coefficient (Wildman–Crippen LogP) is 2.71. The third kappa shape index (κ3) is 6.27. The highest BCUT2D eigenvalue weighted by molar-refractivity contribution is 6.38. The summed E-state index contributed by atoms with van der Waals surface area (Å²) < 4.78 is 0. The molecule has 2 N–H and O–H groups in total. The number of hydrogen-bond donors (Lipinski definition) is 2. The second kappa shape index (κ2) is 12.1. The molecule has 0 aromatic rings. The molecule has 8 heteroatoms. The molecule has 2 aliphatic carbocycles. The number of rotatable bonds is 4. The Balaban J connectivity index is 1.39. The van der Waals surface area contributed by atoms with Crippen LogP contribution in [0.25, 0.3) is 0 Å². The lowest BCUT2D eigenvalue weighted by atomic mass is 9.92. The van der Waals surface area contributed by atoms with E-state index in [9.17, 15) is 19.2 Å². The third-order valence-electron chi connectivity index (χ3n) is 9.21. The minimum Gasteiger partial charge on any atom is -0.347 e. The monoisotopic (exact) mass is 512 g/mol. The smallest absolute Gasteiger partial charge is 0.289 e. The molecule has 0 bridgehead atoms. The molecule has 0 spiro atoms. The molecular weight excluding hydrogens is 468 g/mol. The minimum atomic E-state index is -0.900. The van der Waals surface area contributed by atoms with Crippen LogP contribution in [0.3, 0.4) is 0 Å². The number of nitrogens with one attached hydrogen (secondary N) is 2. The summed E-state index contributed by atoms with van der Waals surface area (Å²) in [7, 11) is 0. The van der Waals surface area contributed by atoms with E-state index in [0.717, 1.165) is 90.1 Å². The van der Waals surface area contributed by atoms with Gasteiger partial charge in [-0.1, -0.05) is 37.8 Å². The summed E-state index contributed by atoms with van der Waals surface area (Å²) >= 11 is 0. The molecule has 5 aliphatic rings. The number of carbonyl (C=O) groups excluding carboxylic acids is 4. The van der Waals surface area contributed by atoms with E-state index in [4.69, 9.17) is 0 Å². The van der Waals surface area contributed by atoms with Gasteiger partial charge in [-0.15, -0.1) is 0 Å². The van der Waals surface area contributed by atoms with Crippen molar-refractivity contribution in [3.8, 4) is 0 Å². The van der Waals surface area contributed by atoms with Crippen LogP contribution >= 0.6 is 0 Å². The molecule has 204 valence electrons. The van der Waals surface area contributed by atoms with Gasteiger partial charge in [-0.3, -0.25) is 24.1 Å². The summed E-state index contributed by atoms with van der Waals surface area (Å²) in [5.41, 5.74) is 0. The Hall–Kier alpha value is -2.22. The van der Waals surface area contributed by atoms with Crippen LogP contribution < -0.4 is 10.6 Å². The molecule has 8 nitrogen and oxygen atoms in total. The molecule has 0 radical (unpaired) electrons. The lowest BCUT2D eigenvalue weighted by molar-refractivity contribution is -0.145. The van der Waals surface area contributed by atoms with Gasteiger partial charge in [0.2, 0.25) is 17.6 Å². The average Bonchev–Trinajstić information content (AvgIpc) is 3.47. The van der Waals surface area contributed by atoms with Crippen LogP contribution in [0.2, 0.25) is 0 Å². The fourth-order valence-electron chi connectivity index (χ4n) is 7.01. The number of likely N-dealkylation sites (tertiary alicyclic amines) is 1.